The van der Waals surface area contributed by atoms with E-state index in [-0.39, 0.29) is 12.1 Å². The number of ether oxygens (including phenoxy) is 2. The lowest BCUT2D eigenvalue weighted by molar-refractivity contribution is 0.0597. The highest BCUT2D eigenvalue weighted by molar-refractivity contribution is 6.42. The molecule has 6 nitrogen and oxygen atoms in total. The molecule has 2 N–H and O–H groups in total. The maximum atomic E-state index is 12.0. The molecular formula is C17H16Cl2N2O4. The fourth-order valence-electron chi connectivity index (χ4n) is 2.07. The molecule has 0 atom stereocenters. The van der Waals surface area contributed by atoms with Gasteiger partial charge < -0.3 is 20.1 Å². The summed E-state index contributed by atoms with van der Waals surface area (Å²) in [7, 11) is 2.75. The van der Waals surface area contributed by atoms with Crippen molar-refractivity contribution >= 4 is 40.9 Å². The van der Waals surface area contributed by atoms with Crippen LogP contribution in [-0.4, -0.2) is 26.2 Å². The van der Waals surface area contributed by atoms with Crippen LogP contribution >= 0.6 is 23.2 Å². The maximum absolute atomic E-state index is 12.0. The molecule has 0 aliphatic carbocycles. The molecule has 0 bridgehead atoms. The molecule has 8 heteroatoms. The van der Waals surface area contributed by atoms with Gasteiger partial charge in [-0.3, -0.25) is 0 Å². The number of halogens is 2. The third-order valence-corrected chi connectivity index (χ3v) is 4.04. The average Bonchev–Trinajstić information content (AvgIpc) is 2.62. The molecule has 2 aromatic carbocycles. The van der Waals surface area contributed by atoms with Crippen molar-refractivity contribution in [3.63, 3.8) is 0 Å². The Bertz CT molecular complexity index is 796. The Balaban J connectivity index is 2.01. The van der Waals surface area contributed by atoms with Crippen LogP contribution in [0.2, 0.25) is 10.0 Å². The van der Waals surface area contributed by atoms with Crippen LogP contribution in [0.4, 0.5) is 10.5 Å². The molecule has 0 saturated heterocycles. The molecule has 2 rings (SSSR count). The van der Waals surface area contributed by atoms with Gasteiger partial charge in [-0.15, -0.1) is 0 Å². The Morgan fingerprint density at radius 1 is 1.04 bits per heavy atom. The van der Waals surface area contributed by atoms with Gasteiger partial charge in [0.1, 0.15) is 11.3 Å². The zero-order valence-corrected chi connectivity index (χ0v) is 15.1. The molecule has 132 valence electrons. The van der Waals surface area contributed by atoms with E-state index in [9.17, 15) is 9.59 Å². The number of benzene rings is 2. The number of rotatable bonds is 5. The summed E-state index contributed by atoms with van der Waals surface area (Å²) in [6.07, 6.45) is 0. The molecule has 0 fully saturated rings. The minimum atomic E-state index is -0.515. The number of nitrogens with one attached hydrogen (secondary N) is 2. The molecule has 0 unspecified atom stereocenters. The Morgan fingerprint density at radius 3 is 2.44 bits per heavy atom. The van der Waals surface area contributed by atoms with E-state index in [4.69, 9.17) is 32.7 Å². The first kappa shape index (κ1) is 18.9. The van der Waals surface area contributed by atoms with Crippen LogP contribution in [0.3, 0.4) is 0 Å². The normalized spacial score (nSPS) is 10.1. The van der Waals surface area contributed by atoms with Gasteiger partial charge >= 0.3 is 12.0 Å². The predicted octanol–water partition coefficient (Wildman–Crippen LogP) is 4.11. The molecule has 0 aliphatic heterocycles. The van der Waals surface area contributed by atoms with E-state index in [0.29, 0.717) is 27.0 Å². The SMILES string of the molecule is COC(=O)c1cc(CNC(=O)Nc2ccc(Cl)c(Cl)c2)ccc1OC. The summed E-state index contributed by atoms with van der Waals surface area (Å²) in [5.41, 5.74) is 1.51. The topological polar surface area (TPSA) is 76.7 Å². The Labute approximate surface area is 155 Å². The number of carbonyl (C=O) groups excluding carboxylic acids is 2. The summed E-state index contributed by atoms with van der Waals surface area (Å²) >= 11 is 11.7. The lowest BCUT2D eigenvalue weighted by Gasteiger charge is -2.11. The van der Waals surface area contributed by atoms with E-state index in [0.717, 1.165) is 0 Å². The zero-order chi connectivity index (χ0) is 18.4. The molecule has 2 aromatic rings. The number of esters is 1. The van der Waals surface area contributed by atoms with Crippen molar-refractivity contribution in [2.45, 2.75) is 6.54 Å². The summed E-state index contributed by atoms with van der Waals surface area (Å²) in [5.74, 6) is -0.116. The van der Waals surface area contributed by atoms with Crippen LogP contribution in [0.15, 0.2) is 36.4 Å². The summed E-state index contributed by atoms with van der Waals surface area (Å²) in [5, 5.41) is 6.07. The number of carbonyl (C=O) groups is 2. The highest BCUT2D eigenvalue weighted by atomic mass is 35.5. The van der Waals surface area contributed by atoms with Crippen molar-refractivity contribution in [3.8, 4) is 5.75 Å². The monoisotopic (exact) mass is 382 g/mol. The molecule has 0 spiro atoms. The van der Waals surface area contributed by atoms with E-state index >= 15 is 0 Å². The lowest BCUT2D eigenvalue weighted by Crippen LogP contribution is -2.28. The molecule has 0 aliphatic rings. The first-order valence-corrected chi connectivity index (χ1v) is 7.95. The molecule has 0 heterocycles. The van der Waals surface area contributed by atoms with Crippen molar-refractivity contribution in [1.29, 1.82) is 0 Å². The second-order valence-electron chi connectivity index (χ2n) is 4.96. The Hall–Kier alpha value is -2.44. The number of hydrogen-bond acceptors (Lipinski definition) is 4. The van der Waals surface area contributed by atoms with Crippen molar-refractivity contribution in [2.24, 2.45) is 0 Å². The second-order valence-corrected chi connectivity index (χ2v) is 5.78. The van der Waals surface area contributed by atoms with Crippen LogP contribution in [0.25, 0.3) is 0 Å². The summed E-state index contributed by atoms with van der Waals surface area (Å²) in [6, 6.07) is 9.33. The zero-order valence-electron chi connectivity index (χ0n) is 13.6. The summed E-state index contributed by atoms with van der Waals surface area (Å²) in [6.45, 7) is 0.209. The third-order valence-electron chi connectivity index (χ3n) is 3.30. The lowest BCUT2D eigenvalue weighted by atomic mass is 10.1. The van der Waals surface area contributed by atoms with Gasteiger partial charge in [0.2, 0.25) is 0 Å². The van der Waals surface area contributed by atoms with Crippen LogP contribution in [0, 0.1) is 0 Å². The molecule has 0 saturated carbocycles. The smallest absolute Gasteiger partial charge is 0.341 e. The van der Waals surface area contributed by atoms with Crippen LogP contribution < -0.4 is 15.4 Å². The van der Waals surface area contributed by atoms with Gasteiger partial charge in [-0.2, -0.15) is 0 Å². The first-order valence-electron chi connectivity index (χ1n) is 7.19. The van der Waals surface area contributed by atoms with E-state index in [1.54, 1.807) is 36.4 Å². The van der Waals surface area contributed by atoms with E-state index in [1.165, 1.54) is 14.2 Å². The summed E-state index contributed by atoms with van der Waals surface area (Å²) < 4.78 is 9.84. The highest BCUT2D eigenvalue weighted by Gasteiger charge is 2.13. The van der Waals surface area contributed by atoms with Gasteiger partial charge in [0.05, 0.1) is 24.3 Å². The van der Waals surface area contributed by atoms with Crippen LogP contribution in [0.1, 0.15) is 15.9 Å². The summed E-state index contributed by atoms with van der Waals surface area (Å²) in [4.78, 5) is 23.7. The fraction of sp³-hybridized carbons (Fsp3) is 0.176. The van der Waals surface area contributed by atoms with Gasteiger partial charge in [-0.1, -0.05) is 29.3 Å². The van der Waals surface area contributed by atoms with Crippen molar-refractivity contribution in [1.82, 2.24) is 5.32 Å². The quantitative estimate of drug-likeness (QED) is 0.762. The largest absolute Gasteiger partial charge is 0.496 e. The number of amides is 2. The van der Waals surface area contributed by atoms with E-state index in [1.807, 2.05) is 0 Å². The molecule has 2 amide bonds. The van der Waals surface area contributed by atoms with Gasteiger partial charge in [0, 0.05) is 12.2 Å². The standard InChI is InChI=1S/C17H16Cl2N2O4/c1-24-15-6-3-10(7-12(15)16(22)25-2)9-20-17(23)21-11-4-5-13(18)14(19)8-11/h3-8H,9H2,1-2H3,(H2,20,21,23). The number of anilines is 1. The predicted molar refractivity (Wildman–Crippen MR) is 96.7 cm³/mol. The number of urea groups is 1. The molecular weight excluding hydrogens is 367 g/mol. The average molecular weight is 383 g/mol. The minimum Gasteiger partial charge on any atom is -0.496 e. The van der Waals surface area contributed by atoms with Crippen molar-refractivity contribution in [3.05, 3.63) is 57.6 Å². The van der Waals surface area contributed by atoms with Gasteiger partial charge in [0.15, 0.2) is 0 Å². The van der Waals surface area contributed by atoms with E-state index in [2.05, 4.69) is 10.6 Å². The second kappa shape index (κ2) is 8.60. The van der Waals surface area contributed by atoms with Gasteiger partial charge in [-0.05, 0) is 35.9 Å². The Morgan fingerprint density at radius 2 is 1.80 bits per heavy atom. The number of methoxy groups -OCH3 is 2. The minimum absolute atomic E-state index is 0.209. The molecule has 0 radical (unpaired) electrons. The maximum Gasteiger partial charge on any atom is 0.341 e. The van der Waals surface area contributed by atoms with Gasteiger partial charge in [0.25, 0.3) is 0 Å². The number of hydrogen-bond donors (Lipinski definition) is 2. The first-order chi connectivity index (χ1) is 11.9. The van der Waals surface area contributed by atoms with Crippen LogP contribution in [-0.2, 0) is 11.3 Å². The highest BCUT2D eigenvalue weighted by Crippen LogP contribution is 2.25. The third kappa shape index (κ3) is 5.01. The van der Waals surface area contributed by atoms with Crippen molar-refractivity contribution < 1.29 is 19.1 Å². The van der Waals surface area contributed by atoms with E-state index < -0.39 is 12.0 Å². The fourth-order valence-corrected chi connectivity index (χ4v) is 2.36. The van der Waals surface area contributed by atoms with Crippen LogP contribution in [0.5, 0.6) is 5.75 Å². The van der Waals surface area contributed by atoms with Gasteiger partial charge in [-0.25, -0.2) is 9.59 Å². The molecule has 25 heavy (non-hydrogen) atoms. The Kier molecular flexibility index (Phi) is 6.50. The molecule has 0 aromatic heterocycles. The van der Waals surface area contributed by atoms with Crippen molar-refractivity contribution in [2.75, 3.05) is 19.5 Å².